The Hall–Kier alpha value is -1.68. The highest BCUT2D eigenvalue weighted by Gasteiger charge is 2.06. The second-order valence-corrected chi connectivity index (χ2v) is 5.07. The molecule has 3 rings (SSSR count). The van der Waals surface area contributed by atoms with Crippen LogP contribution in [0.1, 0.15) is 12.5 Å². The molecule has 2 heterocycles. The highest BCUT2D eigenvalue weighted by atomic mass is 79.9. The number of pyridine rings is 1. The minimum Gasteiger partial charge on any atom is -0.337 e. The van der Waals surface area contributed by atoms with Gasteiger partial charge in [0.15, 0.2) is 5.82 Å². The van der Waals surface area contributed by atoms with Gasteiger partial charge in [0.1, 0.15) is 5.69 Å². The smallest absolute Gasteiger partial charge is 0.157 e. The normalized spacial score (nSPS) is 11.0. The molecule has 0 atom stereocenters. The molecule has 0 saturated heterocycles. The first-order valence-electron chi connectivity index (χ1n) is 5.87. The summed E-state index contributed by atoms with van der Waals surface area (Å²) in [5, 5.41) is 0. The molecule has 0 aliphatic heterocycles. The number of imidazole rings is 1. The maximum absolute atomic E-state index is 4.55. The Balaban J connectivity index is 2.10. The highest BCUT2D eigenvalue weighted by molar-refractivity contribution is 9.10. The van der Waals surface area contributed by atoms with Crippen LogP contribution in [0.3, 0.4) is 0 Å². The minimum absolute atomic E-state index is 0.811. The summed E-state index contributed by atoms with van der Waals surface area (Å²) in [6.07, 6.45) is 2.81. The molecule has 0 bridgehead atoms. The third-order valence-electron chi connectivity index (χ3n) is 2.92. The summed E-state index contributed by atoms with van der Waals surface area (Å²) >= 11 is 3.38. The fourth-order valence-corrected chi connectivity index (χ4v) is 2.15. The first-order valence-corrected chi connectivity index (χ1v) is 6.66. The molecular weight excluding hydrogens is 290 g/mol. The summed E-state index contributed by atoms with van der Waals surface area (Å²) in [5.41, 5.74) is 4.20. The SMILES string of the molecule is CCc1ccc2nc(-c3ccc(Br)cn3)[nH]c2c1. The predicted octanol–water partition coefficient (Wildman–Crippen LogP) is 3.95. The molecule has 2 aromatic heterocycles. The van der Waals surface area contributed by atoms with Gasteiger partial charge < -0.3 is 4.98 Å². The van der Waals surface area contributed by atoms with E-state index in [1.54, 1.807) is 6.20 Å². The fourth-order valence-electron chi connectivity index (χ4n) is 1.91. The molecule has 0 spiro atoms. The number of nitrogens with one attached hydrogen (secondary N) is 1. The first-order chi connectivity index (χ1) is 8.76. The summed E-state index contributed by atoms with van der Waals surface area (Å²) in [4.78, 5) is 12.2. The Morgan fingerprint density at radius 1 is 1.22 bits per heavy atom. The van der Waals surface area contributed by atoms with Crippen molar-refractivity contribution < 1.29 is 0 Å². The van der Waals surface area contributed by atoms with Crippen molar-refractivity contribution in [3.05, 3.63) is 46.6 Å². The molecule has 4 heteroatoms. The third kappa shape index (κ3) is 2.04. The van der Waals surface area contributed by atoms with Crippen LogP contribution in [0.2, 0.25) is 0 Å². The summed E-state index contributed by atoms with van der Waals surface area (Å²) in [6, 6.07) is 10.2. The van der Waals surface area contributed by atoms with Crippen LogP contribution >= 0.6 is 15.9 Å². The number of nitrogens with zero attached hydrogens (tertiary/aromatic N) is 2. The van der Waals surface area contributed by atoms with Crippen molar-refractivity contribution in [2.24, 2.45) is 0 Å². The second kappa shape index (κ2) is 4.53. The van der Waals surface area contributed by atoms with Crippen molar-refractivity contribution in [1.29, 1.82) is 0 Å². The van der Waals surface area contributed by atoms with E-state index in [9.17, 15) is 0 Å². The van der Waals surface area contributed by atoms with E-state index in [-0.39, 0.29) is 0 Å². The Kier molecular flexibility index (Phi) is 2.88. The van der Waals surface area contributed by atoms with E-state index in [0.717, 1.165) is 33.4 Å². The maximum atomic E-state index is 4.55. The molecule has 0 aliphatic rings. The standard InChI is InChI=1S/C14H12BrN3/c1-2-9-3-5-11-13(7-9)18-14(17-11)12-6-4-10(15)8-16-12/h3-8H,2H2,1H3,(H,17,18). The Morgan fingerprint density at radius 3 is 2.83 bits per heavy atom. The van der Waals surface area contributed by atoms with E-state index < -0.39 is 0 Å². The lowest BCUT2D eigenvalue weighted by Gasteiger charge is -1.95. The third-order valence-corrected chi connectivity index (χ3v) is 3.39. The number of rotatable bonds is 2. The van der Waals surface area contributed by atoms with Gasteiger partial charge in [0, 0.05) is 10.7 Å². The van der Waals surface area contributed by atoms with Gasteiger partial charge in [0.05, 0.1) is 11.0 Å². The summed E-state index contributed by atoms with van der Waals surface area (Å²) in [5.74, 6) is 0.811. The number of benzene rings is 1. The zero-order valence-electron chi connectivity index (χ0n) is 9.94. The zero-order valence-corrected chi connectivity index (χ0v) is 11.5. The Morgan fingerprint density at radius 2 is 2.11 bits per heavy atom. The molecule has 0 amide bonds. The largest absolute Gasteiger partial charge is 0.337 e. The van der Waals surface area contributed by atoms with Crippen LogP contribution in [0.5, 0.6) is 0 Å². The van der Waals surface area contributed by atoms with Crippen LogP contribution in [0, 0.1) is 0 Å². The number of halogens is 1. The summed E-state index contributed by atoms with van der Waals surface area (Å²) in [7, 11) is 0. The van der Waals surface area contributed by atoms with Gasteiger partial charge in [-0.25, -0.2) is 4.98 Å². The number of H-pyrrole nitrogens is 1. The molecule has 18 heavy (non-hydrogen) atoms. The van der Waals surface area contributed by atoms with E-state index in [1.165, 1.54) is 5.56 Å². The van der Waals surface area contributed by atoms with Gasteiger partial charge in [-0.1, -0.05) is 13.0 Å². The average Bonchev–Trinajstić information content (AvgIpc) is 2.82. The fraction of sp³-hybridized carbons (Fsp3) is 0.143. The number of hydrogen-bond acceptors (Lipinski definition) is 2. The van der Waals surface area contributed by atoms with Crippen molar-refractivity contribution >= 4 is 27.0 Å². The topological polar surface area (TPSA) is 41.6 Å². The lowest BCUT2D eigenvalue weighted by molar-refractivity contribution is 1.14. The van der Waals surface area contributed by atoms with E-state index >= 15 is 0 Å². The monoisotopic (exact) mass is 301 g/mol. The number of aryl methyl sites for hydroxylation is 1. The molecule has 1 aromatic carbocycles. The van der Waals surface area contributed by atoms with Crippen LogP contribution in [-0.2, 0) is 6.42 Å². The van der Waals surface area contributed by atoms with E-state index in [4.69, 9.17) is 0 Å². The molecule has 0 aliphatic carbocycles. The van der Waals surface area contributed by atoms with Crippen LogP contribution in [0.15, 0.2) is 41.0 Å². The van der Waals surface area contributed by atoms with Gasteiger partial charge in [-0.2, -0.15) is 0 Å². The van der Waals surface area contributed by atoms with Gasteiger partial charge in [-0.3, -0.25) is 4.98 Å². The first kappa shape index (κ1) is 11.4. The predicted molar refractivity (Wildman–Crippen MR) is 76.4 cm³/mol. The summed E-state index contributed by atoms with van der Waals surface area (Å²) in [6.45, 7) is 2.15. The highest BCUT2D eigenvalue weighted by Crippen LogP contribution is 2.21. The van der Waals surface area contributed by atoms with Crippen LogP contribution in [0.25, 0.3) is 22.6 Å². The quantitative estimate of drug-likeness (QED) is 0.778. The lowest BCUT2D eigenvalue weighted by Crippen LogP contribution is -1.84. The van der Waals surface area contributed by atoms with Crippen LogP contribution in [-0.4, -0.2) is 15.0 Å². The average molecular weight is 302 g/mol. The second-order valence-electron chi connectivity index (χ2n) is 4.15. The zero-order chi connectivity index (χ0) is 12.5. The minimum atomic E-state index is 0.811. The molecule has 0 saturated carbocycles. The van der Waals surface area contributed by atoms with Crippen molar-refractivity contribution in [1.82, 2.24) is 15.0 Å². The molecule has 90 valence electrons. The van der Waals surface area contributed by atoms with Crippen LogP contribution < -0.4 is 0 Å². The Bertz CT molecular complexity index is 686. The van der Waals surface area contributed by atoms with Gasteiger partial charge >= 0.3 is 0 Å². The summed E-state index contributed by atoms with van der Waals surface area (Å²) < 4.78 is 0.968. The number of fused-ring (bicyclic) bond motifs is 1. The van der Waals surface area contributed by atoms with Crippen molar-refractivity contribution in [2.75, 3.05) is 0 Å². The van der Waals surface area contributed by atoms with E-state index in [1.807, 2.05) is 18.2 Å². The van der Waals surface area contributed by atoms with E-state index in [0.29, 0.717) is 0 Å². The molecule has 3 nitrogen and oxygen atoms in total. The maximum Gasteiger partial charge on any atom is 0.157 e. The number of aromatic nitrogens is 3. The molecule has 3 aromatic rings. The molecular formula is C14H12BrN3. The number of aromatic amines is 1. The van der Waals surface area contributed by atoms with Gasteiger partial charge in [0.25, 0.3) is 0 Å². The lowest BCUT2D eigenvalue weighted by atomic mass is 10.1. The van der Waals surface area contributed by atoms with Crippen molar-refractivity contribution in [3.63, 3.8) is 0 Å². The Labute approximate surface area is 113 Å². The van der Waals surface area contributed by atoms with Gasteiger partial charge in [-0.15, -0.1) is 0 Å². The number of hydrogen-bond donors (Lipinski definition) is 1. The van der Waals surface area contributed by atoms with E-state index in [2.05, 4.69) is 49.9 Å². The molecule has 0 unspecified atom stereocenters. The molecule has 1 N–H and O–H groups in total. The van der Waals surface area contributed by atoms with Gasteiger partial charge in [0.2, 0.25) is 0 Å². The van der Waals surface area contributed by atoms with Crippen molar-refractivity contribution in [3.8, 4) is 11.5 Å². The molecule has 0 fully saturated rings. The molecule has 0 radical (unpaired) electrons. The van der Waals surface area contributed by atoms with Crippen molar-refractivity contribution in [2.45, 2.75) is 13.3 Å². The van der Waals surface area contributed by atoms with Crippen LogP contribution in [0.4, 0.5) is 0 Å². The van der Waals surface area contributed by atoms with Gasteiger partial charge in [-0.05, 0) is 52.2 Å².